The number of halogens is 2. The summed E-state index contributed by atoms with van der Waals surface area (Å²) in [5.41, 5.74) is 9.59. The predicted octanol–water partition coefficient (Wildman–Crippen LogP) is 8.51. The van der Waals surface area contributed by atoms with Gasteiger partial charge in [0.05, 0.1) is 0 Å². The molecular weight excluding hydrogens is 571 g/mol. The zero-order valence-electron chi connectivity index (χ0n) is 24.1. The van der Waals surface area contributed by atoms with Gasteiger partial charge in [-0.1, -0.05) is 0 Å². The van der Waals surface area contributed by atoms with Gasteiger partial charge >= 0.3 is 226 Å². The Morgan fingerprint density at radius 3 is 2.11 bits per heavy atom. The summed E-state index contributed by atoms with van der Waals surface area (Å²) in [4.78, 5) is 0. The van der Waals surface area contributed by atoms with Gasteiger partial charge in [-0.3, -0.25) is 0 Å². The van der Waals surface area contributed by atoms with Gasteiger partial charge in [0.15, 0.2) is 0 Å². The molecule has 0 amide bonds. The van der Waals surface area contributed by atoms with E-state index in [2.05, 4.69) is 97.9 Å². The summed E-state index contributed by atoms with van der Waals surface area (Å²) in [6.45, 7) is 19.2. The van der Waals surface area contributed by atoms with Crippen molar-refractivity contribution in [1.82, 2.24) is 0 Å². The SMILES string of the molecule is CC1=CCC(C2(C(C)(C)C)C=CC3=c4ccc(C(C)(C)C)cc4=CC3=[C]2[Zr]=[C]2CCCCC2)=C1C.Cl.Cl. The predicted molar refractivity (Wildman–Crippen MR) is 164 cm³/mol. The van der Waals surface area contributed by atoms with E-state index in [4.69, 9.17) is 0 Å². The summed E-state index contributed by atoms with van der Waals surface area (Å²) in [5.74, 6) is 0. The van der Waals surface area contributed by atoms with Crippen LogP contribution >= 0.6 is 24.8 Å². The molecule has 4 aliphatic carbocycles. The second-order valence-corrected chi connectivity index (χ2v) is 16.9. The van der Waals surface area contributed by atoms with Crippen LogP contribution in [0.2, 0.25) is 0 Å². The van der Waals surface area contributed by atoms with Crippen molar-refractivity contribution in [2.24, 2.45) is 10.8 Å². The van der Waals surface area contributed by atoms with Crippen molar-refractivity contribution in [3.63, 3.8) is 0 Å². The third-order valence-electron chi connectivity index (χ3n) is 9.04. The van der Waals surface area contributed by atoms with Crippen LogP contribution in [0.4, 0.5) is 0 Å². The summed E-state index contributed by atoms with van der Waals surface area (Å²) in [6, 6.07) is 7.25. The molecular formula is C34H45Cl2Zr. The van der Waals surface area contributed by atoms with Crippen molar-refractivity contribution >= 4 is 39.7 Å². The first-order chi connectivity index (χ1) is 16.4. The molecule has 1 aromatic carbocycles. The standard InChI is InChI=1S/C28H33.C6H10.2ClH.Zr/c1-18-9-12-25(19(18)2)28(27(6,7)8)14-13-24-21(17-28)15-20-16-22(26(3,4)5)10-11-23(20)24;1-2-4-6-5-3-1;;;/h9-11,13-16H,12H2,1-8H3;1-5H2;2*1H;. The zero-order valence-corrected chi connectivity index (χ0v) is 28.2. The van der Waals surface area contributed by atoms with Gasteiger partial charge in [0.25, 0.3) is 0 Å². The Hall–Kier alpha value is -0.747. The van der Waals surface area contributed by atoms with Gasteiger partial charge in [0.1, 0.15) is 0 Å². The third kappa shape index (κ3) is 5.24. The fourth-order valence-electron chi connectivity index (χ4n) is 6.69. The number of rotatable bonds is 2. The molecule has 1 atom stereocenters. The molecule has 1 unspecified atom stereocenters. The number of hydrogen-bond acceptors (Lipinski definition) is 0. The van der Waals surface area contributed by atoms with Gasteiger partial charge in [0, 0.05) is 0 Å². The molecule has 0 spiro atoms. The number of hydrogen-bond donors (Lipinski definition) is 0. The molecule has 199 valence electrons. The summed E-state index contributed by atoms with van der Waals surface area (Å²) < 4.78 is 3.79. The van der Waals surface area contributed by atoms with Crippen LogP contribution in [0, 0.1) is 10.8 Å². The molecule has 0 bridgehead atoms. The Balaban J connectivity index is 0.00000190. The van der Waals surface area contributed by atoms with Crippen molar-refractivity contribution in [2.45, 2.75) is 99.3 Å². The summed E-state index contributed by atoms with van der Waals surface area (Å²) >= 11 is -0.877. The summed E-state index contributed by atoms with van der Waals surface area (Å²) in [7, 11) is 0. The van der Waals surface area contributed by atoms with E-state index in [-0.39, 0.29) is 41.1 Å². The molecule has 0 N–H and O–H groups in total. The van der Waals surface area contributed by atoms with Crippen LogP contribution in [-0.2, 0) is 28.2 Å². The monoisotopic (exact) mass is 613 g/mol. The maximum absolute atomic E-state index is 2.66. The minimum atomic E-state index is -0.877. The molecule has 0 heterocycles. The quantitative estimate of drug-likeness (QED) is 0.313. The smallest absolute Gasteiger partial charge is 0.147 e. The minimum absolute atomic E-state index is 0. The van der Waals surface area contributed by atoms with E-state index in [1.165, 1.54) is 59.3 Å². The molecule has 4 aliphatic rings. The van der Waals surface area contributed by atoms with E-state index < -0.39 is 22.8 Å². The summed E-state index contributed by atoms with van der Waals surface area (Å²) in [6.07, 6.45) is 18.4. The maximum Gasteiger partial charge on any atom is -0.147 e. The van der Waals surface area contributed by atoms with Crippen LogP contribution < -0.4 is 10.4 Å². The van der Waals surface area contributed by atoms with Crippen LogP contribution in [0.1, 0.15) is 99.5 Å². The van der Waals surface area contributed by atoms with E-state index in [0.29, 0.717) is 0 Å². The Morgan fingerprint density at radius 1 is 0.865 bits per heavy atom. The zero-order chi connectivity index (χ0) is 25.2. The first kappa shape index (κ1) is 30.8. The van der Waals surface area contributed by atoms with E-state index in [0.717, 1.165) is 6.42 Å². The van der Waals surface area contributed by atoms with Crippen molar-refractivity contribution in [1.29, 1.82) is 0 Å². The van der Waals surface area contributed by atoms with Crippen LogP contribution in [0.3, 0.4) is 0 Å². The Morgan fingerprint density at radius 2 is 1.54 bits per heavy atom. The first-order valence-corrected chi connectivity index (χ1v) is 16.2. The fraction of sp³-hybridized carbons (Fsp3) is 0.500. The number of allylic oxidation sites excluding steroid dienone is 8. The molecule has 0 aliphatic heterocycles. The molecule has 5 rings (SSSR count). The molecule has 1 aromatic rings. The van der Waals surface area contributed by atoms with E-state index in [9.17, 15) is 0 Å². The van der Waals surface area contributed by atoms with Crippen molar-refractivity contribution in [3.05, 3.63) is 78.0 Å². The number of benzene rings is 1. The van der Waals surface area contributed by atoms with Gasteiger partial charge in [0.2, 0.25) is 0 Å². The molecule has 0 aromatic heterocycles. The van der Waals surface area contributed by atoms with E-state index >= 15 is 0 Å². The Bertz CT molecular complexity index is 1360. The topological polar surface area (TPSA) is 0 Å². The molecule has 1 saturated carbocycles. The van der Waals surface area contributed by atoms with Gasteiger partial charge in [-0.15, -0.1) is 24.8 Å². The third-order valence-corrected chi connectivity index (χ3v) is 13.4. The Kier molecular flexibility index (Phi) is 9.17. The van der Waals surface area contributed by atoms with Gasteiger partial charge in [-0.2, -0.15) is 0 Å². The average molecular weight is 616 g/mol. The van der Waals surface area contributed by atoms with Crippen molar-refractivity contribution < 1.29 is 22.8 Å². The molecule has 0 radical (unpaired) electrons. The first-order valence-electron chi connectivity index (χ1n) is 13.7. The van der Waals surface area contributed by atoms with Crippen LogP contribution in [0.25, 0.3) is 11.6 Å². The van der Waals surface area contributed by atoms with Crippen LogP contribution in [0.5, 0.6) is 0 Å². The second-order valence-electron chi connectivity index (χ2n) is 13.3. The molecule has 3 heteroatoms. The molecule has 37 heavy (non-hydrogen) atoms. The van der Waals surface area contributed by atoms with Crippen molar-refractivity contribution in [3.8, 4) is 0 Å². The van der Waals surface area contributed by atoms with Crippen molar-refractivity contribution in [2.75, 3.05) is 0 Å². The molecule has 0 saturated heterocycles. The van der Waals surface area contributed by atoms with Crippen LogP contribution in [-0.4, -0.2) is 3.21 Å². The fourth-order valence-corrected chi connectivity index (χ4v) is 11.9. The second kappa shape index (κ2) is 11.0. The molecule has 0 nitrogen and oxygen atoms in total. The van der Waals surface area contributed by atoms with Crippen LogP contribution in [0.15, 0.2) is 62.0 Å². The van der Waals surface area contributed by atoms with Gasteiger partial charge in [-0.05, 0) is 0 Å². The number of fused-ring (bicyclic) bond motifs is 2. The van der Waals surface area contributed by atoms with E-state index in [1.807, 2.05) is 6.49 Å². The van der Waals surface area contributed by atoms with Gasteiger partial charge in [-0.25, -0.2) is 0 Å². The summed E-state index contributed by atoms with van der Waals surface area (Å²) in [5, 5.41) is 2.89. The van der Waals surface area contributed by atoms with E-state index in [1.54, 1.807) is 16.7 Å². The maximum atomic E-state index is 2.66. The average Bonchev–Trinajstić information content (AvgIpc) is 3.33. The Labute approximate surface area is 249 Å². The normalized spacial score (nSPS) is 23.1. The van der Waals surface area contributed by atoms with Gasteiger partial charge < -0.3 is 0 Å². The largest absolute Gasteiger partial charge is 0.147 e. The molecule has 1 fully saturated rings. The minimum Gasteiger partial charge on any atom is -0.147 e.